The van der Waals surface area contributed by atoms with E-state index in [1.54, 1.807) is 0 Å². The van der Waals surface area contributed by atoms with Crippen molar-refractivity contribution in [3.05, 3.63) is 35.9 Å². The highest BCUT2D eigenvalue weighted by molar-refractivity contribution is 5.67. The lowest BCUT2D eigenvalue weighted by Crippen LogP contribution is -2.35. The lowest BCUT2D eigenvalue weighted by Gasteiger charge is -2.23. The Kier molecular flexibility index (Phi) is 13.5. The Morgan fingerprint density at radius 3 is 1.59 bits per heavy atom. The highest BCUT2D eigenvalue weighted by Crippen LogP contribution is 2.07. The number of ether oxygens (including phenoxy) is 4. The first-order valence-electron chi connectivity index (χ1n) is 11.8. The van der Waals surface area contributed by atoms with Crippen LogP contribution in [0.5, 0.6) is 0 Å². The molecule has 0 aliphatic carbocycles. The Balaban J connectivity index is 2.28. The van der Waals surface area contributed by atoms with Gasteiger partial charge in [0, 0.05) is 32.7 Å². The molecule has 0 unspecified atom stereocenters. The van der Waals surface area contributed by atoms with Crippen LogP contribution in [0.15, 0.2) is 30.3 Å². The first kappa shape index (κ1) is 29.7. The maximum atomic E-state index is 11.7. The highest BCUT2D eigenvalue weighted by atomic mass is 16.6. The molecule has 1 rings (SSSR count). The largest absolute Gasteiger partial charge is 0.444 e. The second-order valence-electron chi connectivity index (χ2n) is 9.84. The number of alkyl carbamates (subject to hydrolysis) is 2. The lowest BCUT2D eigenvalue weighted by atomic mass is 10.2. The molecule has 0 aromatic heterocycles. The van der Waals surface area contributed by atoms with Crippen LogP contribution in [0.3, 0.4) is 0 Å². The number of nitrogens with one attached hydrogen (secondary N) is 2. The van der Waals surface area contributed by atoms with E-state index < -0.39 is 23.4 Å². The van der Waals surface area contributed by atoms with Gasteiger partial charge in [-0.25, -0.2) is 9.59 Å². The second-order valence-corrected chi connectivity index (χ2v) is 9.84. The molecular weight excluding hydrogens is 438 g/mol. The summed E-state index contributed by atoms with van der Waals surface area (Å²) in [5, 5.41) is 5.37. The van der Waals surface area contributed by atoms with Crippen LogP contribution in [-0.4, -0.2) is 80.9 Å². The molecule has 0 aliphatic heterocycles. The van der Waals surface area contributed by atoms with Gasteiger partial charge < -0.3 is 29.6 Å². The van der Waals surface area contributed by atoms with Gasteiger partial charge in [-0.05, 0) is 47.1 Å². The summed E-state index contributed by atoms with van der Waals surface area (Å²) < 4.78 is 21.8. The monoisotopic (exact) mass is 481 g/mol. The summed E-state index contributed by atoms with van der Waals surface area (Å²) in [7, 11) is 0. The first-order valence-corrected chi connectivity index (χ1v) is 11.8. The summed E-state index contributed by atoms with van der Waals surface area (Å²) in [4.78, 5) is 25.6. The maximum absolute atomic E-state index is 11.7. The van der Waals surface area contributed by atoms with Crippen molar-refractivity contribution in [2.75, 3.05) is 52.6 Å². The quantitative estimate of drug-likeness (QED) is 0.392. The Labute approximate surface area is 204 Å². The van der Waals surface area contributed by atoms with Gasteiger partial charge in [-0.15, -0.1) is 0 Å². The summed E-state index contributed by atoms with van der Waals surface area (Å²) in [6.07, 6.45) is -0.889. The van der Waals surface area contributed by atoms with Crippen LogP contribution in [-0.2, 0) is 25.5 Å². The van der Waals surface area contributed by atoms with Gasteiger partial charge in [-0.2, -0.15) is 0 Å². The lowest BCUT2D eigenvalue weighted by molar-refractivity contribution is 0.0466. The molecule has 9 nitrogen and oxygen atoms in total. The number of carbonyl (C=O) groups is 2. The van der Waals surface area contributed by atoms with Crippen molar-refractivity contribution in [3.63, 3.8) is 0 Å². The summed E-state index contributed by atoms with van der Waals surface area (Å²) in [5.41, 5.74) is 0.175. The first-order chi connectivity index (χ1) is 15.9. The average Bonchev–Trinajstić information content (AvgIpc) is 2.71. The van der Waals surface area contributed by atoms with Crippen LogP contribution in [0, 0.1) is 0 Å². The molecule has 0 spiro atoms. The molecule has 0 heterocycles. The third-order valence-electron chi connectivity index (χ3n) is 4.18. The summed E-state index contributed by atoms with van der Waals surface area (Å²) in [5.74, 6) is 0. The van der Waals surface area contributed by atoms with E-state index in [1.165, 1.54) is 5.56 Å². The van der Waals surface area contributed by atoms with Crippen molar-refractivity contribution in [1.82, 2.24) is 15.5 Å². The predicted octanol–water partition coefficient (Wildman–Crippen LogP) is 3.57. The van der Waals surface area contributed by atoms with Gasteiger partial charge in [0.2, 0.25) is 0 Å². The highest BCUT2D eigenvalue weighted by Gasteiger charge is 2.16. The number of amides is 2. The zero-order valence-corrected chi connectivity index (χ0v) is 21.6. The fourth-order valence-corrected chi connectivity index (χ4v) is 2.78. The molecule has 0 fully saturated rings. The molecule has 9 heteroatoms. The molecule has 2 N–H and O–H groups in total. The van der Waals surface area contributed by atoms with Crippen LogP contribution in [0.25, 0.3) is 0 Å². The molecular formula is C25H43N3O6. The van der Waals surface area contributed by atoms with E-state index in [0.717, 1.165) is 19.6 Å². The summed E-state index contributed by atoms with van der Waals surface area (Å²) >= 11 is 0. The SMILES string of the molecule is CC(C)(C)OC(=O)NCCOCCN(CCOCCNC(=O)OC(C)(C)C)Cc1ccccc1. The Bertz CT molecular complexity index is 661. The second kappa shape index (κ2) is 15.5. The zero-order chi connectivity index (χ0) is 25.5. The van der Waals surface area contributed by atoms with Gasteiger partial charge in [0.15, 0.2) is 0 Å². The molecule has 0 saturated carbocycles. The van der Waals surface area contributed by atoms with Crippen LogP contribution in [0.4, 0.5) is 9.59 Å². The van der Waals surface area contributed by atoms with E-state index in [0.29, 0.717) is 39.5 Å². The van der Waals surface area contributed by atoms with Gasteiger partial charge in [-0.1, -0.05) is 30.3 Å². The van der Waals surface area contributed by atoms with Crippen LogP contribution >= 0.6 is 0 Å². The number of rotatable bonds is 14. The van der Waals surface area contributed by atoms with Gasteiger partial charge in [-0.3, -0.25) is 4.90 Å². The zero-order valence-electron chi connectivity index (χ0n) is 21.6. The number of benzene rings is 1. The third kappa shape index (κ3) is 17.2. The van der Waals surface area contributed by atoms with Crippen molar-refractivity contribution >= 4 is 12.2 Å². The minimum absolute atomic E-state index is 0.390. The maximum Gasteiger partial charge on any atom is 0.407 e. The molecule has 0 atom stereocenters. The molecule has 0 aliphatic rings. The Morgan fingerprint density at radius 1 is 0.735 bits per heavy atom. The molecule has 2 amide bonds. The number of hydrogen-bond donors (Lipinski definition) is 2. The van der Waals surface area contributed by atoms with Crippen molar-refractivity contribution < 1.29 is 28.5 Å². The topological polar surface area (TPSA) is 98.4 Å². The Hall–Kier alpha value is -2.36. The van der Waals surface area contributed by atoms with Crippen LogP contribution in [0.1, 0.15) is 47.1 Å². The minimum Gasteiger partial charge on any atom is -0.444 e. The molecule has 0 saturated heterocycles. The fourth-order valence-electron chi connectivity index (χ4n) is 2.78. The summed E-state index contributed by atoms with van der Waals surface area (Å²) in [6, 6.07) is 10.2. The van der Waals surface area contributed by atoms with E-state index in [4.69, 9.17) is 18.9 Å². The molecule has 194 valence electrons. The van der Waals surface area contributed by atoms with Gasteiger partial charge >= 0.3 is 12.2 Å². The Morgan fingerprint density at radius 2 is 1.18 bits per heavy atom. The van der Waals surface area contributed by atoms with E-state index >= 15 is 0 Å². The minimum atomic E-state index is -0.517. The van der Waals surface area contributed by atoms with Crippen molar-refractivity contribution in [3.8, 4) is 0 Å². The fraction of sp³-hybridized carbons (Fsp3) is 0.680. The van der Waals surface area contributed by atoms with Crippen LogP contribution < -0.4 is 10.6 Å². The molecule has 0 radical (unpaired) electrons. The molecule has 34 heavy (non-hydrogen) atoms. The molecule has 1 aromatic rings. The number of hydrogen-bond acceptors (Lipinski definition) is 7. The van der Waals surface area contributed by atoms with E-state index in [2.05, 4.69) is 27.7 Å². The van der Waals surface area contributed by atoms with E-state index in [1.807, 2.05) is 59.7 Å². The molecule has 0 bridgehead atoms. The van der Waals surface area contributed by atoms with Crippen LogP contribution in [0.2, 0.25) is 0 Å². The average molecular weight is 482 g/mol. The van der Waals surface area contributed by atoms with Crippen molar-refractivity contribution in [1.29, 1.82) is 0 Å². The normalized spacial score (nSPS) is 11.9. The standard InChI is InChI=1S/C25H43N3O6/c1-24(2,3)33-22(29)26-12-16-31-18-14-28(20-21-10-8-7-9-11-21)15-19-32-17-13-27-23(30)34-25(4,5)6/h7-11H,12-20H2,1-6H3,(H,26,29)(H,27,30). The number of nitrogens with zero attached hydrogens (tertiary/aromatic N) is 1. The smallest absolute Gasteiger partial charge is 0.407 e. The van der Waals surface area contributed by atoms with E-state index in [9.17, 15) is 9.59 Å². The molecule has 1 aromatic carbocycles. The number of carbonyl (C=O) groups excluding carboxylic acids is 2. The van der Waals surface area contributed by atoms with Gasteiger partial charge in [0.1, 0.15) is 11.2 Å². The van der Waals surface area contributed by atoms with E-state index in [-0.39, 0.29) is 0 Å². The van der Waals surface area contributed by atoms with Gasteiger partial charge in [0.05, 0.1) is 26.4 Å². The summed E-state index contributed by atoms with van der Waals surface area (Å²) in [6.45, 7) is 15.8. The van der Waals surface area contributed by atoms with Gasteiger partial charge in [0.25, 0.3) is 0 Å². The predicted molar refractivity (Wildman–Crippen MR) is 132 cm³/mol. The van der Waals surface area contributed by atoms with Crippen molar-refractivity contribution in [2.24, 2.45) is 0 Å². The third-order valence-corrected chi connectivity index (χ3v) is 4.18. The van der Waals surface area contributed by atoms with Crippen molar-refractivity contribution in [2.45, 2.75) is 59.3 Å².